The zero-order valence-corrected chi connectivity index (χ0v) is 14.1. The van der Waals surface area contributed by atoms with E-state index in [2.05, 4.69) is 26.1 Å². The van der Waals surface area contributed by atoms with E-state index in [4.69, 9.17) is 5.73 Å². The Morgan fingerprint density at radius 1 is 1.25 bits per heavy atom. The van der Waals surface area contributed by atoms with Gasteiger partial charge in [0.15, 0.2) is 9.84 Å². The van der Waals surface area contributed by atoms with Crippen LogP contribution in [0.15, 0.2) is 0 Å². The van der Waals surface area contributed by atoms with Crippen LogP contribution in [-0.4, -0.2) is 38.0 Å². The van der Waals surface area contributed by atoms with Crippen LogP contribution in [0.3, 0.4) is 0 Å². The fourth-order valence-electron chi connectivity index (χ4n) is 3.82. The quantitative estimate of drug-likeness (QED) is 0.830. The summed E-state index contributed by atoms with van der Waals surface area (Å²) in [5.74, 6) is 1.68. The molecular formula is C15H30N2O2S. The summed E-state index contributed by atoms with van der Waals surface area (Å²) in [5, 5.41) is 3.55. The normalized spacial score (nSPS) is 43.5. The van der Waals surface area contributed by atoms with E-state index < -0.39 is 9.84 Å². The Hall–Kier alpha value is -0.130. The molecule has 4 unspecified atom stereocenters. The SMILES string of the molecule is CC1C(N)CCC(CNC2(C)CCS(=O)(=O)C2)C1(C)C. The van der Waals surface area contributed by atoms with Crippen LogP contribution < -0.4 is 11.1 Å². The third-order valence-electron chi connectivity index (χ3n) is 6.00. The van der Waals surface area contributed by atoms with Crippen molar-refractivity contribution in [1.29, 1.82) is 0 Å². The van der Waals surface area contributed by atoms with Crippen LogP contribution >= 0.6 is 0 Å². The van der Waals surface area contributed by atoms with Gasteiger partial charge < -0.3 is 11.1 Å². The first-order valence-corrected chi connectivity index (χ1v) is 9.59. The molecule has 2 fully saturated rings. The van der Waals surface area contributed by atoms with Crippen LogP contribution in [0.2, 0.25) is 0 Å². The lowest BCUT2D eigenvalue weighted by Crippen LogP contribution is -2.53. The summed E-state index contributed by atoms with van der Waals surface area (Å²) in [6.45, 7) is 9.80. The van der Waals surface area contributed by atoms with E-state index in [-0.39, 0.29) is 16.7 Å². The smallest absolute Gasteiger partial charge is 0.152 e. The van der Waals surface area contributed by atoms with Crippen molar-refractivity contribution in [2.45, 2.75) is 58.5 Å². The summed E-state index contributed by atoms with van der Waals surface area (Å²) in [6, 6.07) is 0.295. The Kier molecular flexibility index (Phi) is 4.27. The largest absolute Gasteiger partial charge is 0.327 e. The fraction of sp³-hybridized carbons (Fsp3) is 1.00. The summed E-state index contributed by atoms with van der Waals surface area (Å²) >= 11 is 0. The molecule has 1 aliphatic carbocycles. The summed E-state index contributed by atoms with van der Waals surface area (Å²) in [5.41, 5.74) is 6.16. The predicted molar refractivity (Wildman–Crippen MR) is 83.3 cm³/mol. The number of hydrogen-bond donors (Lipinski definition) is 2. The van der Waals surface area contributed by atoms with E-state index in [9.17, 15) is 8.42 Å². The maximum atomic E-state index is 11.7. The first-order chi connectivity index (χ1) is 9.06. The van der Waals surface area contributed by atoms with Gasteiger partial charge >= 0.3 is 0 Å². The molecule has 2 rings (SSSR count). The zero-order valence-electron chi connectivity index (χ0n) is 13.3. The average molecular weight is 302 g/mol. The van der Waals surface area contributed by atoms with Gasteiger partial charge in [-0.05, 0) is 50.0 Å². The Balaban J connectivity index is 1.97. The summed E-state index contributed by atoms with van der Waals surface area (Å²) in [6.07, 6.45) is 2.94. The second-order valence-electron chi connectivity index (χ2n) is 7.83. The lowest BCUT2D eigenvalue weighted by Gasteiger charge is -2.48. The number of rotatable bonds is 3. The molecule has 4 nitrogen and oxygen atoms in total. The maximum Gasteiger partial charge on any atom is 0.152 e. The lowest BCUT2D eigenvalue weighted by molar-refractivity contribution is 0.0499. The predicted octanol–water partition coefficient (Wildman–Crippen LogP) is 1.55. The molecule has 0 spiro atoms. The van der Waals surface area contributed by atoms with Crippen LogP contribution in [0.4, 0.5) is 0 Å². The molecule has 3 N–H and O–H groups in total. The number of nitrogens with one attached hydrogen (secondary N) is 1. The highest BCUT2D eigenvalue weighted by Gasteiger charge is 2.43. The van der Waals surface area contributed by atoms with Crippen molar-refractivity contribution in [3.63, 3.8) is 0 Å². The Bertz CT molecular complexity index is 460. The van der Waals surface area contributed by atoms with Gasteiger partial charge in [0, 0.05) is 11.6 Å². The van der Waals surface area contributed by atoms with Crippen molar-refractivity contribution in [1.82, 2.24) is 5.32 Å². The van der Waals surface area contributed by atoms with Crippen LogP contribution in [0.25, 0.3) is 0 Å². The van der Waals surface area contributed by atoms with E-state index in [0.29, 0.717) is 23.6 Å². The van der Waals surface area contributed by atoms with Crippen molar-refractivity contribution >= 4 is 9.84 Å². The minimum atomic E-state index is -2.84. The van der Waals surface area contributed by atoms with Gasteiger partial charge in [-0.15, -0.1) is 0 Å². The van der Waals surface area contributed by atoms with Gasteiger partial charge in [0.25, 0.3) is 0 Å². The van der Waals surface area contributed by atoms with Gasteiger partial charge in [-0.1, -0.05) is 20.8 Å². The number of nitrogens with two attached hydrogens (primary N) is 1. The molecular weight excluding hydrogens is 272 g/mol. The molecule has 0 aromatic rings. The Morgan fingerprint density at radius 2 is 1.90 bits per heavy atom. The van der Waals surface area contributed by atoms with Crippen LogP contribution in [0, 0.1) is 17.3 Å². The molecule has 4 atom stereocenters. The molecule has 1 saturated heterocycles. The van der Waals surface area contributed by atoms with Crippen LogP contribution in [-0.2, 0) is 9.84 Å². The molecule has 1 saturated carbocycles. The van der Waals surface area contributed by atoms with E-state index in [1.807, 2.05) is 6.92 Å². The van der Waals surface area contributed by atoms with E-state index >= 15 is 0 Å². The highest BCUT2D eigenvalue weighted by molar-refractivity contribution is 7.91. The minimum Gasteiger partial charge on any atom is -0.327 e. The number of hydrogen-bond acceptors (Lipinski definition) is 4. The van der Waals surface area contributed by atoms with Crippen molar-refractivity contribution in [3.8, 4) is 0 Å². The molecule has 118 valence electrons. The van der Waals surface area contributed by atoms with Crippen molar-refractivity contribution in [2.24, 2.45) is 23.0 Å². The number of sulfone groups is 1. The van der Waals surface area contributed by atoms with Gasteiger partial charge in [-0.25, -0.2) is 8.42 Å². The van der Waals surface area contributed by atoms with Gasteiger partial charge in [0.2, 0.25) is 0 Å². The van der Waals surface area contributed by atoms with Crippen molar-refractivity contribution < 1.29 is 8.42 Å². The van der Waals surface area contributed by atoms with E-state index in [1.54, 1.807) is 0 Å². The topological polar surface area (TPSA) is 72.2 Å². The van der Waals surface area contributed by atoms with Gasteiger partial charge in [0.05, 0.1) is 11.5 Å². The fourth-order valence-corrected chi connectivity index (χ4v) is 5.95. The molecule has 20 heavy (non-hydrogen) atoms. The summed E-state index contributed by atoms with van der Waals surface area (Å²) in [7, 11) is -2.84. The van der Waals surface area contributed by atoms with Gasteiger partial charge in [-0.2, -0.15) is 0 Å². The summed E-state index contributed by atoms with van der Waals surface area (Å²) < 4.78 is 23.3. The van der Waals surface area contributed by atoms with E-state index in [0.717, 1.165) is 25.8 Å². The second-order valence-corrected chi connectivity index (χ2v) is 10.0. The first kappa shape index (κ1) is 16.2. The molecule has 5 heteroatoms. The zero-order chi connectivity index (χ0) is 15.2. The molecule has 1 aliphatic heterocycles. The lowest BCUT2D eigenvalue weighted by atomic mass is 9.61. The van der Waals surface area contributed by atoms with Gasteiger partial charge in [0.1, 0.15) is 0 Å². The molecule has 0 amide bonds. The third-order valence-corrected chi connectivity index (χ3v) is 7.90. The van der Waals surface area contributed by atoms with Crippen LogP contribution in [0.1, 0.15) is 47.0 Å². The molecule has 2 aliphatic rings. The highest BCUT2D eigenvalue weighted by Crippen LogP contribution is 2.44. The first-order valence-electron chi connectivity index (χ1n) is 7.77. The average Bonchev–Trinajstić information content (AvgIpc) is 2.60. The monoisotopic (exact) mass is 302 g/mol. The molecule has 0 aromatic carbocycles. The Labute approximate surface area is 123 Å². The molecule has 0 bridgehead atoms. The second kappa shape index (κ2) is 5.25. The molecule has 1 heterocycles. The maximum absolute atomic E-state index is 11.7. The van der Waals surface area contributed by atoms with E-state index in [1.165, 1.54) is 0 Å². The van der Waals surface area contributed by atoms with Crippen molar-refractivity contribution in [2.75, 3.05) is 18.1 Å². The Morgan fingerprint density at radius 3 is 2.45 bits per heavy atom. The highest BCUT2D eigenvalue weighted by atomic mass is 32.2. The van der Waals surface area contributed by atoms with Crippen molar-refractivity contribution in [3.05, 3.63) is 0 Å². The molecule has 0 aromatic heterocycles. The minimum absolute atomic E-state index is 0.207. The molecule has 0 radical (unpaired) electrons. The van der Waals surface area contributed by atoms with Gasteiger partial charge in [-0.3, -0.25) is 0 Å². The van der Waals surface area contributed by atoms with Crippen LogP contribution in [0.5, 0.6) is 0 Å². The standard InChI is InChI=1S/C15H30N2O2S/c1-11-13(16)6-5-12(14(11,2)3)9-17-15(4)7-8-20(18,19)10-15/h11-13,17H,5-10,16H2,1-4H3. The third kappa shape index (κ3) is 3.20. The summed E-state index contributed by atoms with van der Waals surface area (Å²) in [4.78, 5) is 0.